The number of aryl methyl sites for hydroxylation is 2. The Morgan fingerprint density at radius 1 is 1.33 bits per heavy atom. The van der Waals surface area contributed by atoms with Crippen molar-refractivity contribution in [2.45, 2.75) is 45.3 Å². The Bertz CT molecular complexity index is 889. The summed E-state index contributed by atoms with van der Waals surface area (Å²) in [7, 11) is 0.971. The predicted octanol–water partition coefficient (Wildman–Crippen LogP) is 2.58. The minimum atomic E-state index is -0.880. The molecule has 0 radical (unpaired) electrons. The number of anilines is 1. The van der Waals surface area contributed by atoms with Gasteiger partial charge in [0.25, 0.3) is 0 Å². The average Bonchev–Trinajstić information content (AvgIpc) is 2.96. The zero-order valence-electron chi connectivity index (χ0n) is 16.7. The quantitative estimate of drug-likeness (QED) is 0.728. The lowest BCUT2D eigenvalue weighted by atomic mass is 9.99. The third kappa shape index (κ3) is 3.24. The molecule has 2 aromatic heterocycles. The second-order valence-corrected chi connectivity index (χ2v) is 8.98. The third-order valence-electron chi connectivity index (χ3n) is 5.61. The molecular formula is C19H28N4O3S. The van der Waals surface area contributed by atoms with E-state index in [0.717, 1.165) is 35.3 Å². The first-order valence-corrected chi connectivity index (χ1v) is 10.8. The molecule has 1 aliphatic heterocycles. The molecule has 3 heterocycles. The number of hydrogen-bond donors (Lipinski definition) is 0. The fraction of sp³-hybridized carbons (Fsp3) is 0.632. The Labute approximate surface area is 162 Å². The number of ether oxygens (including phenoxy) is 1. The summed E-state index contributed by atoms with van der Waals surface area (Å²) in [6, 6.07) is 0. The van der Waals surface area contributed by atoms with Gasteiger partial charge in [0.1, 0.15) is 5.56 Å². The predicted molar refractivity (Wildman–Crippen MR) is 108 cm³/mol. The molecule has 0 aromatic carbocycles. The number of esters is 1. The van der Waals surface area contributed by atoms with Crippen molar-refractivity contribution >= 4 is 33.5 Å². The summed E-state index contributed by atoms with van der Waals surface area (Å²) < 4.78 is 19.5. The summed E-state index contributed by atoms with van der Waals surface area (Å²) >= 11 is 0. The van der Waals surface area contributed by atoms with Crippen molar-refractivity contribution < 1.29 is 13.7 Å². The molecule has 7 nitrogen and oxygen atoms in total. The van der Waals surface area contributed by atoms with Gasteiger partial charge in [-0.25, -0.2) is 9.78 Å². The van der Waals surface area contributed by atoms with E-state index in [2.05, 4.69) is 28.8 Å². The molecule has 0 N–H and O–H groups in total. The van der Waals surface area contributed by atoms with Crippen LogP contribution in [0, 0.1) is 6.92 Å². The molecule has 2 aromatic rings. The number of pyridine rings is 1. The Kier molecular flexibility index (Phi) is 5.55. The van der Waals surface area contributed by atoms with Gasteiger partial charge >= 0.3 is 5.97 Å². The Morgan fingerprint density at radius 3 is 2.67 bits per heavy atom. The van der Waals surface area contributed by atoms with Crippen molar-refractivity contribution in [3.63, 3.8) is 0 Å². The molecule has 1 aliphatic rings. The van der Waals surface area contributed by atoms with E-state index in [9.17, 15) is 9.00 Å². The molecule has 0 bridgehead atoms. The standard InChI is InChI=1S/C19H28N4O3S/c1-6-19(7-2)12-23(9-10-27(19)25)16-14(18(24)26-8-3)11-20-17-15(16)13(4)21-22(17)5/h11H,6-10,12H2,1-5H3. The van der Waals surface area contributed by atoms with Gasteiger partial charge in [-0.1, -0.05) is 13.8 Å². The maximum Gasteiger partial charge on any atom is 0.341 e. The van der Waals surface area contributed by atoms with E-state index in [4.69, 9.17) is 4.74 Å². The van der Waals surface area contributed by atoms with Crippen LogP contribution in [-0.2, 0) is 22.6 Å². The fourth-order valence-electron chi connectivity index (χ4n) is 3.97. The molecule has 8 heteroatoms. The molecule has 1 fully saturated rings. The molecule has 148 valence electrons. The highest BCUT2D eigenvalue weighted by Crippen LogP contribution is 2.37. The minimum Gasteiger partial charge on any atom is -0.462 e. The van der Waals surface area contributed by atoms with Crippen molar-refractivity contribution in [2.24, 2.45) is 7.05 Å². The minimum absolute atomic E-state index is 0.268. The number of nitrogens with zero attached hydrogens (tertiary/aromatic N) is 4. The van der Waals surface area contributed by atoms with Crippen LogP contribution < -0.4 is 4.90 Å². The number of carbonyl (C=O) groups excluding carboxylic acids is 1. The maximum absolute atomic E-state index is 12.8. The van der Waals surface area contributed by atoms with Crippen molar-refractivity contribution in [2.75, 3.05) is 30.3 Å². The zero-order chi connectivity index (χ0) is 19.8. The summed E-state index contributed by atoms with van der Waals surface area (Å²) in [4.78, 5) is 19.3. The van der Waals surface area contributed by atoms with E-state index in [-0.39, 0.29) is 10.7 Å². The first kappa shape index (κ1) is 19.8. The highest BCUT2D eigenvalue weighted by Gasteiger charge is 2.40. The number of carbonyl (C=O) groups is 1. The van der Waals surface area contributed by atoms with Gasteiger partial charge in [-0.2, -0.15) is 5.10 Å². The second-order valence-electron chi connectivity index (χ2n) is 7.01. The number of aromatic nitrogens is 3. The van der Waals surface area contributed by atoms with Gasteiger partial charge in [-0.15, -0.1) is 0 Å². The largest absolute Gasteiger partial charge is 0.462 e. The van der Waals surface area contributed by atoms with Gasteiger partial charge in [0.2, 0.25) is 0 Å². The van der Waals surface area contributed by atoms with Crippen LogP contribution in [0.1, 0.15) is 49.7 Å². The van der Waals surface area contributed by atoms with Crippen LogP contribution in [-0.4, -0.2) is 55.1 Å². The molecule has 0 aliphatic carbocycles. The highest BCUT2D eigenvalue weighted by molar-refractivity contribution is 7.86. The topological polar surface area (TPSA) is 77.3 Å². The van der Waals surface area contributed by atoms with Crippen molar-refractivity contribution in [1.82, 2.24) is 14.8 Å². The highest BCUT2D eigenvalue weighted by atomic mass is 32.2. The van der Waals surface area contributed by atoms with Crippen molar-refractivity contribution in [1.29, 1.82) is 0 Å². The van der Waals surface area contributed by atoms with E-state index < -0.39 is 10.8 Å². The molecule has 1 unspecified atom stereocenters. The van der Waals surface area contributed by atoms with E-state index in [1.807, 2.05) is 14.0 Å². The number of rotatable bonds is 5. The van der Waals surface area contributed by atoms with Crippen LogP contribution in [0.2, 0.25) is 0 Å². The second kappa shape index (κ2) is 7.58. The van der Waals surface area contributed by atoms with Gasteiger partial charge in [0.15, 0.2) is 5.65 Å². The zero-order valence-corrected chi connectivity index (χ0v) is 17.6. The van der Waals surface area contributed by atoms with Crippen LogP contribution in [0.3, 0.4) is 0 Å². The van der Waals surface area contributed by atoms with Crippen molar-refractivity contribution in [3.05, 3.63) is 17.5 Å². The summed E-state index contributed by atoms with van der Waals surface area (Å²) in [6.07, 6.45) is 3.26. The molecule has 1 saturated heterocycles. The van der Waals surface area contributed by atoms with Crippen LogP contribution in [0.25, 0.3) is 11.0 Å². The van der Waals surface area contributed by atoms with Crippen LogP contribution in [0.15, 0.2) is 6.20 Å². The molecule has 3 rings (SSSR count). The van der Waals surface area contributed by atoms with E-state index in [1.165, 1.54) is 0 Å². The third-order valence-corrected chi connectivity index (χ3v) is 7.83. The molecular weight excluding hydrogens is 364 g/mol. The fourth-order valence-corrected chi connectivity index (χ4v) is 5.74. The van der Waals surface area contributed by atoms with Gasteiger partial charge in [0.05, 0.1) is 28.1 Å². The number of hydrogen-bond acceptors (Lipinski definition) is 6. The van der Waals surface area contributed by atoms with E-state index in [0.29, 0.717) is 31.0 Å². The smallest absolute Gasteiger partial charge is 0.341 e. The monoisotopic (exact) mass is 392 g/mol. The summed E-state index contributed by atoms with van der Waals surface area (Å²) in [5, 5.41) is 5.37. The summed E-state index contributed by atoms with van der Waals surface area (Å²) in [5.74, 6) is 0.211. The Morgan fingerprint density at radius 2 is 2.04 bits per heavy atom. The van der Waals surface area contributed by atoms with E-state index >= 15 is 0 Å². The average molecular weight is 393 g/mol. The Hall–Kier alpha value is -1.96. The van der Waals surface area contributed by atoms with Crippen LogP contribution >= 0.6 is 0 Å². The lowest BCUT2D eigenvalue weighted by molar-refractivity contribution is 0.0526. The Balaban J connectivity index is 2.20. The first-order valence-electron chi connectivity index (χ1n) is 9.51. The van der Waals surface area contributed by atoms with Gasteiger partial charge < -0.3 is 9.64 Å². The van der Waals surface area contributed by atoms with Crippen LogP contribution in [0.5, 0.6) is 0 Å². The molecule has 27 heavy (non-hydrogen) atoms. The lowest BCUT2D eigenvalue weighted by Crippen LogP contribution is -2.53. The van der Waals surface area contributed by atoms with Gasteiger partial charge in [-0.05, 0) is 26.7 Å². The van der Waals surface area contributed by atoms with Gasteiger partial charge in [0, 0.05) is 42.9 Å². The number of fused-ring (bicyclic) bond motifs is 1. The normalized spacial score (nSPS) is 19.4. The van der Waals surface area contributed by atoms with Crippen LogP contribution in [0.4, 0.5) is 5.69 Å². The molecule has 0 saturated carbocycles. The van der Waals surface area contributed by atoms with Crippen molar-refractivity contribution in [3.8, 4) is 0 Å². The SMILES string of the molecule is CCOC(=O)c1cnc2c(c(C)nn2C)c1N1CCS(=O)C(CC)(CC)C1. The maximum atomic E-state index is 12.8. The summed E-state index contributed by atoms with van der Waals surface area (Å²) in [5.41, 5.74) is 2.83. The lowest BCUT2D eigenvalue weighted by Gasteiger charge is -2.42. The summed E-state index contributed by atoms with van der Waals surface area (Å²) in [6.45, 7) is 9.49. The molecule has 0 spiro atoms. The van der Waals surface area contributed by atoms with Gasteiger partial charge in [-0.3, -0.25) is 8.89 Å². The van der Waals surface area contributed by atoms with E-state index in [1.54, 1.807) is 17.8 Å². The molecule has 0 amide bonds. The molecule has 1 atom stereocenters. The first-order chi connectivity index (χ1) is 12.9.